The van der Waals surface area contributed by atoms with Crippen LogP contribution in [0.2, 0.25) is 15.1 Å². The molecule has 0 radical (unpaired) electrons. The lowest BCUT2D eigenvalue weighted by atomic mass is 10.2. The zero-order chi connectivity index (χ0) is 35.5. The number of ether oxygens (including phenoxy) is 2. The minimum atomic E-state index is -0.756. The van der Waals surface area contributed by atoms with Crippen molar-refractivity contribution in [3.8, 4) is 11.5 Å². The van der Waals surface area contributed by atoms with Gasteiger partial charge in [0, 0.05) is 48.6 Å². The molecule has 0 aliphatic carbocycles. The summed E-state index contributed by atoms with van der Waals surface area (Å²) in [5.74, 6) is -1.29. The van der Waals surface area contributed by atoms with Crippen LogP contribution in [-0.2, 0) is 0 Å². The smallest absolute Gasteiger partial charge is 0.355 e. The van der Waals surface area contributed by atoms with Crippen LogP contribution in [0.3, 0.4) is 0 Å². The highest BCUT2D eigenvalue weighted by atomic mass is 35.5. The Hall–Kier alpha value is -5.05. The van der Waals surface area contributed by atoms with E-state index in [1.54, 1.807) is 49.4 Å². The Morgan fingerprint density at radius 1 is 0.840 bits per heavy atom. The number of hydrogen-bond donors (Lipinski definition) is 2. The van der Waals surface area contributed by atoms with Crippen molar-refractivity contribution in [3.63, 3.8) is 0 Å². The largest absolute Gasteiger partial charge is 0.490 e. The van der Waals surface area contributed by atoms with E-state index in [-0.39, 0.29) is 33.7 Å². The first kappa shape index (κ1) is 34.8. The number of carbonyl (C=O) groups is 3. The Morgan fingerprint density at radius 2 is 1.52 bits per heavy atom. The van der Waals surface area contributed by atoms with E-state index >= 15 is 0 Å². The molecule has 50 heavy (non-hydrogen) atoms. The fourth-order valence-electron chi connectivity index (χ4n) is 4.71. The van der Waals surface area contributed by atoms with Gasteiger partial charge in [0.2, 0.25) is 0 Å². The highest BCUT2D eigenvalue weighted by molar-refractivity contribution is 7.22. The number of halogens is 3. The number of thiophene rings is 2. The first-order valence-corrected chi connectivity index (χ1v) is 17.3. The van der Waals surface area contributed by atoms with Crippen LogP contribution in [0, 0.1) is 10.1 Å². The molecule has 16 heteroatoms. The molecule has 0 aliphatic heterocycles. The maximum atomic E-state index is 13.1. The molecule has 0 fully saturated rings. The summed E-state index contributed by atoms with van der Waals surface area (Å²) in [6.45, 7) is 2.02. The maximum absolute atomic E-state index is 13.1. The third kappa shape index (κ3) is 7.42. The highest BCUT2D eigenvalue weighted by Gasteiger charge is 2.22. The quantitative estimate of drug-likeness (QED) is 0.0464. The Labute approximate surface area is 306 Å². The lowest BCUT2D eigenvalue weighted by molar-refractivity contribution is -0.384. The fraction of sp³-hybridized carbons (Fsp3) is 0.0588. The molecule has 6 aromatic rings. The number of hydrogen-bond acceptors (Lipinski definition) is 10. The van der Waals surface area contributed by atoms with Crippen LogP contribution in [-0.4, -0.2) is 35.5 Å². The summed E-state index contributed by atoms with van der Waals surface area (Å²) in [6, 6.07) is 20.3. The van der Waals surface area contributed by atoms with E-state index < -0.39 is 22.7 Å². The van der Waals surface area contributed by atoms with Gasteiger partial charge in [-0.2, -0.15) is 5.10 Å². The van der Waals surface area contributed by atoms with Crippen LogP contribution in [0.15, 0.2) is 84.0 Å². The monoisotopic (exact) mass is 766 g/mol. The number of nitro benzene ring substituents is 1. The van der Waals surface area contributed by atoms with Gasteiger partial charge in [-0.1, -0.05) is 40.9 Å². The van der Waals surface area contributed by atoms with Crippen LogP contribution in [0.25, 0.3) is 20.2 Å². The summed E-state index contributed by atoms with van der Waals surface area (Å²) in [7, 11) is 0. The number of anilines is 1. The summed E-state index contributed by atoms with van der Waals surface area (Å²) in [6.07, 6.45) is 1.39. The van der Waals surface area contributed by atoms with Crippen LogP contribution >= 0.6 is 57.5 Å². The van der Waals surface area contributed by atoms with Crippen molar-refractivity contribution in [3.05, 3.63) is 125 Å². The molecular weight excluding hydrogens is 747 g/mol. The van der Waals surface area contributed by atoms with E-state index in [9.17, 15) is 24.5 Å². The number of nitrogens with one attached hydrogen (secondary N) is 2. The van der Waals surface area contributed by atoms with Crippen molar-refractivity contribution in [2.24, 2.45) is 5.10 Å². The molecule has 4 aromatic carbocycles. The highest BCUT2D eigenvalue weighted by Crippen LogP contribution is 2.39. The van der Waals surface area contributed by atoms with Gasteiger partial charge in [0.05, 0.1) is 27.8 Å². The van der Waals surface area contributed by atoms with E-state index in [0.29, 0.717) is 41.8 Å². The van der Waals surface area contributed by atoms with Gasteiger partial charge < -0.3 is 14.8 Å². The lowest BCUT2D eigenvalue weighted by Gasteiger charge is -2.11. The van der Waals surface area contributed by atoms with Crippen LogP contribution in [0.1, 0.15) is 42.2 Å². The van der Waals surface area contributed by atoms with Gasteiger partial charge in [-0.05, 0) is 73.2 Å². The first-order chi connectivity index (χ1) is 24.0. The van der Waals surface area contributed by atoms with E-state index in [1.165, 1.54) is 53.9 Å². The summed E-state index contributed by atoms with van der Waals surface area (Å²) in [4.78, 5) is 49.7. The number of hydrazone groups is 1. The maximum Gasteiger partial charge on any atom is 0.355 e. The average molecular weight is 768 g/mol. The lowest BCUT2D eigenvalue weighted by Crippen LogP contribution is -2.17. The number of amides is 2. The average Bonchev–Trinajstić information content (AvgIpc) is 3.61. The van der Waals surface area contributed by atoms with Gasteiger partial charge >= 0.3 is 5.97 Å². The van der Waals surface area contributed by atoms with Crippen LogP contribution in [0.4, 0.5) is 11.4 Å². The van der Waals surface area contributed by atoms with Crippen LogP contribution < -0.4 is 20.2 Å². The van der Waals surface area contributed by atoms with Crippen molar-refractivity contribution in [1.29, 1.82) is 0 Å². The van der Waals surface area contributed by atoms with Gasteiger partial charge in [-0.3, -0.25) is 19.7 Å². The van der Waals surface area contributed by atoms with Crippen molar-refractivity contribution in [1.82, 2.24) is 5.43 Å². The number of esters is 1. The van der Waals surface area contributed by atoms with Crippen molar-refractivity contribution in [2.75, 3.05) is 11.9 Å². The predicted molar refractivity (Wildman–Crippen MR) is 197 cm³/mol. The Morgan fingerprint density at radius 3 is 2.24 bits per heavy atom. The Balaban J connectivity index is 1.08. The third-order valence-corrected chi connectivity index (χ3v) is 10.6. The predicted octanol–water partition coefficient (Wildman–Crippen LogP) is 9.62. The molecule has 252 valence electrons. The molecule has 0 saturated carbocycles. The fourth-order valence-corrected chi connectivity index (χ4v) is 7.82. The molecule has 2 aromatic heterocycles. The van der Waals surface area contributed by atoms with Gasteiger partial charge in [0.1, 0.15) is 9.75 Å². The molecule has 6 rings (SSSR count). The molecule has 0 saturated heterocycles. The second kappa shape index (κ2) is 14.8. The van der Waals surface area contributed by atoms with Crippen molar-refractivity contribution < 1.29 is 28.8 Å². The molecule has 0 bridgehead atoms. The molecule has 2 N–H and O–H groups in total. The second-order valence-electron chi connectivity index (χ2n) is 10.3. The molecule has 11 nitrogen and oxygen atoms in total. The third-order valence-electron chi connectivity index (χ3n) is 7.06. The van der Waals surface area contributed by atoms with Crippen molar-refractivity contribution >= 4 is 113 Å². The minimum absolute atomic E-state index is 0.0831. The van der Waals surface area contributed by atoms with E-state index in [0.717, 1.165) is 21.4 Å². The number of benzene rings is 4. The number of non-ortho nitro benzene ring substituents is 1. The minimum Gasteiger partial charge on any atom is -0.490 e. The SMILES string of the molecule is CCOc1cc(/C=N\NC(=O)c2ccc(NC(=O)c3sc4cc(Cl)ccc4c3Cl)cc2)ccc1OC(=O)c1sc2cc([N+](=O)[O-])ccc2c1Cl. The van der Waals surface area contributed by atoms with Gasteiger partial charge in [0.25, 0.3) is 17.5 Å². The first-order valence-electron chi connectivity index (χ1n) is 14.5. The zero-order valence-electron chi connectivity index (χ0n) is 25.5. The molecule has 0 atom stereocenters. The van der Waals surface area contributed by atoms with Gasteiger partial charge in [-0.15, -0.1) is 22.7 Å². The Kier molecular flexibility index (Phi) is 10.3. The summed E-state index contributed by atoms with van der Waals surface area (Å²) in [5, 5.41) is 20.2. The molecule has 2 amide bonds. The topological polar surface area (TPSA) is 149 Å². The zero-order valence-corrected chi connectivity index (χ0v) is 29.4. The van der Waals surface area contributed by atoms with Gasteiger partial charge in [-0.25, -0.2) is 10.2 Å². The standard InChI is InChI=1S/C34H21Cl3N4O7S2/c1-2-47-25-13-17(3-12-24(25)48-34(44)31-29(37)23-11-9-21(41(45)46)15-27(23)50-31)16-38-40-32(42)18-4-7-20(8-5-18)39-33(43)30-28(36)22-10-6-19(35)14-26(22)49-30/h3-16H,2H2,1H3,(H,39,43)(H,40,42)/b38-16-. The molecule has 2 heterocycles. The molecule has 0 aliphatic rings. The van der Waals surface area contributed by atoms with Crippen LogP contribution in [0.5, 0.6) is 11.5 Å². The van der Waals surface area contributed by atoms with Gasteiger partial charge in [0.15, 0.2) is 11.5 Å². The molecule has 0 spiro atoms. The molecular formula is C34H21Cl3N4O7S2. The summed E-state index contributed by atoms with van der Waals surface area (Å²) in [5.41, 5.74) is 3.61. The summed E-state index contributed by atoms with van der Waals surface area (Å²) < 4.78 is 12.5. The number of nitro groups is 1. The Bertz CT molecular complexity index is 2360. The molecule has 0 unspecified atom stereocenters. The summed E-state index contributed by atoms with van der Waals surface area (Å²) >= 11 is 21.1. The van der Waals surface area contributed by atoms with E-state index in [1.807, 2.05) is 0 Å². The number of fused-ring (bicyclic) bond motifs is 2. The van der Waals surface area contributed by atoms with E-state index in [2.05, 4.69) is 15.8 Å². The normalized spacial score (nSPS) is 11.2. The number of nitrogens with zero attached hydrogens (tertiary/aromatic N) is 2. The van der Waals surface area contributed by atoms with Crippen molar-refractivity contribution in [2.45, 2.75) is 6.92 Å². The number of rotatable bonds is 10. The van der Waals surface area contributed by atoms with E-state index in [4.69, 9.17) is 44.3 Å². The second-order valence-corrected chi connectivity index (χ2v) is 13.6. The number of carbonyl (C=O) groups excluding carboxylic acids is 3.